The lowest BCUT2D eigenvalue weighted by atomic mass is 10.0. The summed E-state index contributed by atoms with van der Waals surface area (Å²) in [5.41, 5.74) is 10.4. The van der Waals surface area contributed by atoms with Gasteiger partial charge in [-0.05, 0) is 25.2 Å². The molecule has 9 N–H and O–H groups in total. The summed E-state index contributed by atoms with van der Waals surface area (Å²) in [5, 5.41) is 26.7. The van der Waals surface area contributed by atoms with Crippen molar-refractivity contribution < 1.29 is 39.0 Å². The molecule has 0 radical (unpaired) electrons. The zero-order valence-electron chi connectivity index (χ0n) is 24.1. The van der Waals surface area contributed by atoms with Gasteiger partial charge in [-0.25, -0.2) is 4.79 Å². The van der Waals surface area contributed by atoms with Crippen LogP contribution >= 0.6 is 0 Å². The fraction of sp³-hybridized carbons (Fsp3) is 0.778. The van der Waals surface area contributed by atoms with E-state index in [9.17, 15) is 39.0 Å². The van der Waals surface area contributed by atoms with E-state index in [1.807, 2.05) is 0 Å². The molecule has 0 bridgehead atoms. The fourth-order valence-electron chi connectivity index (χ4n) is 4.11. The molecule has 13 heteroatoms. The number of carboxylic acids is 1. The zero-order valence-corrected chi connectivity index (χ0v) is 24.1. The predicted molar refractivity (Wildman–Crippen MR) is 148 cm³/mol. The van der Waals surface area contributed by atoms with E-state index in [0.29, 0.717) is 6.42 Å². The Morgan fingerprint density at radius 3 is 1.77 bits per heavy atom. The summed E-state index contributed by atoms with van der Waals surface area (Å²) in [7, 11) is 0. The van der Waals surface area contributed by atoms with Gasteiger partial charge in [0.1, 0.15) is 18.1 Å². The Bertz CT molecular complexity index is 836. The molecule has 0 saturated carbocycles. The number of carboxylic acid groups (broad SMARTS) is 1. The van der Waals surface area contributed by atoms with Gasteiger partial charge in [-0.3, -0.25) is 24.0 Å². The summed E-state index contributed by atoms with van der Waals surface area (Å²) in [5.74, 6) is -5.46. The Balaban J connectivity index is 5.21. The first-order valence-electron chi connectivity index (χ1n) is 14.1. The zero-order chi connectivity index (χ0) is 30.7. The summed E-state index contributed by atoms with van der Waals surface area (Å²) < 4.78 is 0. The second-order valence-electron chi connectivity index (χ2n) is 10.7. The van der Waals surface area contributed by atoms with Crippen molar-refractivity contribution in [3.63, 3.8) is 0 Å². The molecule has 0 saturated heterocycles. The number of hydrogen-bond acceptors (Lipinski definition) is 7. The van der Waals surface area contributed by atoms with Crippen molar-refractivity contribution in [3.05, 3.63) is 0 Å². The normalized spacial score (nSPS) is 14.0. The van der Waals surface area contributed by atoms with Gasteiger partial charge in [0, 0.05) is 6.42 Å². The maximum absolute atomic E-state index is 13.0. The molecule has 4 atom stereocenters. The Morgan fingerprint density at radius 2 is 1.25 bits per heavy atom. The van der Waals surface area contributed by atoms with Crippen LogP contribution in [0.1, 0.15) is 104 Å². The molecule has 0 rings (SSSR count). The number of aliphatic hydroxyl groups excluding tert-OH is 1. The van der Waals surface area contributed by atoms with Crippen LogP contribution in [0.15, 0.2) is 0 Å². The summed E-state index contributed by atoms with van der Waals surface area (Å²) >= 11 is 0. The maximum atomic E-state index is 13.0. The number of hydrogen-bond donors (Lipinski definition) is 7. The summed E-state index contributed by atoms with van der Waals surface area (Å²) in [4.78, 5) is 72.8. The van der Waals surface area contributed by atoms with E-state index in [4.69, 9.17) is 11.5 Å². The van der Waals surface area contributed by atoms with Crippen LogP contribution in [0, 0.1) is 5.92 Å². The van der Waals surface area contributed by atoms with Crippen LogP contribution in [-0.2, 0) is 28.8 Å². The van der Waals surface area contributed by atoms with Crippen molar-refractivity contribution in [3.8, 4) is 0 Å². The van der Waals surface area contributed by atoms with Crippen LogP contribution in [0.4, 0.5) is 0 Å². The highest BCUT2D eigenvalue weighted by Gasteiger charge is 2.31. The number of amides is 5. The van der Waals surface area contributed by atoms with Gasteiger partial charge in [-0.1, -0.05) is 65.7 Å². The van der Waals surface area contributed by atoms with Crippen molar-refractivity contribution in [1.82, 2.24) is 16.0 Å². The smallest absolute Gasteiger partial charge is 0.326 e. The molecule has 5 amide bonds. The third kappa shape index (κ3) is 18.1. The number of nitrogens with two attached hydrogens (primary N) is 2. The number of nitrogens with one attached hydrogen (secondary N) is 3. The molecular weight excluding hydrogens is 522 g/mol. The first-order valence-corrected chi connectivity index (χ1v) is 14.1. The number of aliphatic carboxylic acids is 1. The van der Waals surface area contributed by atoms with Gasteiger partial charge in [0.15, 0.2) is 0 Å². The maximum Gasteiger partial charge on any atom is 0.326 e. The van der Waals surface area contributed by atoms with E-state index in [-0.39, 0.29) is 31.6 Å². The van der Waals surface area contributed by atoms with Gasteiger partial charge in [-0.15, -0.1) is 0 Å². The molecule has 0 aliphatic heterocycles. The highest BCUT2D eigenvalue weighted by molar-refractivity contribution is 5.95. The van der Waals surface area contributed by atoms with Gasteiger partial charge < -0.3 is 37.6 Å². The molecule has 0 aromatic carbocycles. The van der Waals surface area contributed by atoms with Crippen molar-refractivity contribution in [2.24, 2.45) is 17.4 Å². The fourth-order valence-corrected chi connectivity index (χ4v) is 4.11. The van der Waals surface area contributed by atoms with Gasteiger partial charge in [0.05, 0.1) is 18.9 Å². The number of carbonyl (C=O) groups is 6. The van der Waals surface area contributed by atoms with Gasteiger partial charge in [0.25, 0.3) is 0 Å². The van der Waals surface area contributed by atoms with Crippen LogP contribution in [0.2, 0.25) is 0 Å². The highest BCUT2D eigenvalue weighted by atomic mass is 16.4. The van der Waals surface area contributed by atoms with Gasteiger partial charge >= 0.3 is 5.97 Å². The molecule has 0 heterocycles. The molecular formula is C27H49N5O8. The third-order valence-electron chi connectivity index (χ3n) is 6.25. The standard InChI is InChI=1S/C27H49N5O8/c1-4-5-6-7-8-9-10-11-18(33)15-24(36)30-20(16-23(29)35)26(38)31-19(12-13-22(28)34)25(37)32-21(27(39)40)14-17(2)3/h17-21,33H,4-16H2,1-3H3,(H2,28,34)(H2,29,35)(H,30,36)(H,31,38)(H,32,37)(H,39,40)/t18-,19+,20+,21+/m1/s1. The number of unbranched alkanes of at least 4 members (excludes halogenated alkanes) is 6. The minimum atomic E-state index is -1.45. The number of rotatable bonds is 23. The first kappa shape index (κ1) is 36.8. The van der Waals surface area contributed by atoms with Crippen LogP contribution in [0.25, 0.3) is 0 Å². The molecule has 0 aliphatic carbocycles. The minimum Gasteiger partial charge on any atom is -0.480 e. The largest absolute Gasteiger partial charge is 0.480 e. The van der Waals surface area contributed by atoms with Crippen molar-refractivity contribution in [1.29, 1.82) is 0 Å². The Morgan fingerprint density at radius 1 is 0.700 bits per heavy atom. The highest BCUT2D eigenvalue weighted by Crippen LogP contribution is 2.12. The summed E-state index contributed by atoms with van der Waals surface area (Å²) in [6.45, 7) is 5.69. The molecule has 13 nitrogen and oxygen atoms in total. The summed E-state index contributed by atoms with van der Waals surface area (Å²) in [6.07, 6.45) is 5.57. The quantitative estimate of drug-likeness (QED) is 0.0856. The second kappa shape index (κ2) is 20.7. The Labute approximate surface area is 236 Å². The van der Waals surface area contributed by atoms with Crippen LogP contribution in [0.5, 0.6) is 0 Å². The topological polar surface area (TPSA) is 231 Å². The Hall–Kier alpha value is -3.22. The van der Waals surface area contributed by atoms with Gasteiger partial charge in [-0.2, -0.15) is 0 Å². The SMILES string of the molecule is CCCCCCCCC[C@@H](O)CC(=O)N[C@@H](CC(N)=O)C(=O)N[C@@H](CCC(N)=O)C(=O)N[C@@H](CC(C)C)C(=O)O. The van der Waals surface area contributed by atoms with E-state index in [0.717, 1.165) is 32.1 Å². The van der Waals surface area contributed by atoms with E-state index in [2.05, 4.69) is 22.9 Å². The van der Waals surface area contributed by atoms with Crippen LogP contribution in [0.3, 0.4) is 0 Å². The monoisotopic (exact) mass is 571 g/mol. The van der Waals surface area contributed by atoms with E-state index < -0.39 is 66.2 Å². The van der Waals surface area contributed by atoms with E-state index in [1.54, 1.807) is 13.8 Å². The lowest BCUT2D eigenvalue weighted by Crippen LogP contribution is -2.56. The molecule has 40 heavy (non-hydrogen) atoms. The lowest BCUT2D eigenvalue weighted by Gasteiger charge is -2.24. The average Bonchev–Trinajstić information content (AvgIpc) is 2.84. The van der Waals surface area contributed by atoms with E-state index in [1.165, 1.54) is 12.8 Å². The van der Waals surface area contributed by atoms with Gasteiger partial charge in [0.2, 0.25) is 29.5 Å². The molecule has 0 aromatic heterocycles. The van der Waals surface area contributed by atoms with Crippen molar-refractivity contribution in [2.75, 3.05) is 0 Å². The molecule has 0 aliphatic rings. The molecule has 0 aromatic rings. The van der Waals surface area contributed by atoms with E-state index >= 15 is 0 Å². The van der Waals surface area contributed by atoms with Crippen molar-refractivity contribution in [2.45, 2.75) is 128 Å². The first-order chi connectivity index (χ1) is 18.8. The second-order valence-corrected chi connectivity index (χ2v) is 10.7. The predicted octanol–water partition coefficient (Wildman–Crippen LogP) is 0.604. The lowest BCUT2D eigenvalue weighted by molar-refractivity contribution is -0.143. The number of primary amides is 2. The Kier molecular flexibility index (Phi) is 19.0. The molecule has 0 fully saturated rings. The molecule has 230 valence electrons. The number of aliphatic hydroxyl groups is 1. The minimum absolute atomic E-state index is 0.0589. The van der Waals surface area contributed by atoms with Crippen LogP contribution in [-0.4, -0.2) is 69.9 Å². The third-order valence-corrected chi connectivity index (χ3v) is 6.25. The average molecular weight is 572 g/mol. The summed E-state index contributed by atoms with van der Waals surface area (Å²) in [6, 6.07) is -4.06. The number of carbonyl (C=O) groups excluding carboxylic acids is 5. The molecule has 0 unspecified atom stereocenters. The molecule has 0 spiro atoms. The van der Waals surface area contributed by atoms with Crippen molar-refractivity contribution >= 4 is 35.5 Å². The van der Waals surface area contributed by atoms with Crippen LogP contribution < -0.4 is 27.4 Å².